The van der Waals surface area contributed by atoms with Crippen LogP contribution in [0, 0.1) is 0 Å². The van der Waals surface area contributed by atoms with E-state index in [4.69, 9.17) is 0 Å². The molecular formula is C15H20N2O2. The van der Waals surface area contributed by atoms with Gasteiger partial charge in [0, 0.05) is 32.5 Å². The summed E-state index contributed by atoms with van der Waals surface area (Å²) in [5, 5.41) is 2.78. The summed E-state index contributed by atoms with van der Waals surface area (Å²) < 4.78 is 0. The van der Waals surface area contributed by atoms with E-state index in [9.17, 15) is 9.59 Å². The predicted octanol–water partition coefficient (Wildman–Crippen LogP) is 1.36. The highest BCUT2D eigenvalue weighted by Crippen LogP contribution is 2.07. The van der Waals surface area contributed by atoms with Crippen molar-refractivity contribution in [2.45, 2.75) is 25.7 Å². The van der Waals surface area contributed by atoms with Crippen molar-refractivity contribution in [3.05, 3.63) is 35.9 Å². The number of amides is 2. The predicted molar refractivity (Wildman–Crippen MR) is 73.6 cm³/mol. The summed E-state index contributed by atoms with van der Waals surface area (Å²) in [6.45, 7) is 1.76. The van der Waals surface area contributed by atoms with Gasteiger partial charge in [0.25, 0.3) is 0 Å². The molecule has 4 nitrogen and oxygen atoms in total. The van der Waals surface area contributed by atoms with Crippen LogP contribution >= 0.6 is 0 Å². The van der Waals surface area contributed by atoms with Gasteiger partial charge in [-0.3, -0.25) is 9.59 Å². The molecule has 0 radical (unpaired) electrons. The van der Waals surface area contributed by atoms with Crippen LogP contribution in [0.1, 0.15) is 24.8 Å². The molecule has 1 heterocycles. The van der Waals surface area contributed by atoms with Gasteiger partial charge >= 0.3 is 0 Å². The molecule has 0 unspecified atom stereocenters. The number of hydrogen-bond acceptors (Lipinski definition) is 2. The molecule has 19 heavy (non-hydrogen) atoms. The Morgan fingerprint density at radius 1 is 1.21 bits per heavy atom. The summed E-state index contributed by atoms with van der Waals surface area (Å²) >= 11 is 0. The molecule has 1 aliphatic heterocycles. The molecule has 1 aromatic carbocycles. The quantitative estimate of drug-likeness (QED) is 0.888. The van der Waals surface area contributed by atoms with Crippen LogP contribution in [0.15, 0.2) is 30.3 Å². The normalized spacial score (nSPS) is 15.8. The van der Waals surface area contributed by atoms with Crippen LogP contribution < -0.4 is 5.32 Å². The van der Waals surface area contributed by atoms with Gasteiger partial charge in [0.2, 0.25) is 11.8 Å². The van der Waals surface area contributed by atoms with Gasteiger partial charge in [-0.25, -0.2) is 0 Å². The third-order valence-electron chi connectivity index (χ3n) is 3.36. The average Bonchev–Trinajstić information content (AvgIpc) is 2.65. The Morgan fingerprint density at radius 3 is 2.79 bits per heavy atom. The summed E-state index contributed by atoms with van der Waals surface area (Å²) in [4.78, 5) is 25.0. The minimum absolute atomic E-state index is 0.0413. The van der Waals surface area contributed by atoms with Gasteiger partial charge in [0.1, 0.15) is 0 Å². The van der Waals surface area contributed by atoms with E-state index in [1.54, 1.807) is 4.90 Å². The van der Waals surface area contributed by atoms with Crippen molar-refractivity contribution in [3.63, 3.8) is 0 Å². The summed E-state index contributed by atoms with van der Waals surface area (Å²) in [6.07, 6.45) is 2.77. The van der Waals surface area contributed by atoms with Crippen molar-refractivity contribution in [2.24, 2.45) is 0 Å². The van der Waals surface area contributed by atoms with Gasteiger partial charge < -0.3 is 10.2 Å². The SMILES string of the molecule is O=C1CCN(C(=O)CCCc2ccccc2)CCN1. The van der Waals surface area contributed by atoms with Crippen LogP contribution in [0.25, 0.3) is 0 Å². The number of carbonyl (C=O) groups excluding carboxylic acids is 2. The van der Waals surface area contributed by atoms with Crippen molar-refractivity contribution in [1.29, 1.82) is 0 Å². The summed E-state index contributed by atoms with van der Waals surface area (Å²) in [7, 11) is 0. The first-order valence-corrected chi connectivity index (χ1v) is 6.84. The number of hydrogen-bond donors (Lipinski definition) is 1. The van der Waals surface area contributed by atoms with Crippen molar-refractivity contribution < 1.29 is 9.59 Å². The first-order valence-electron chi connectivity index (χ1n) is 6.84. The van der Waals surface area contributed by atoms with Crippen molar-refractivity contribution in [1.82, 2.24) is 10.2 Å². The van der Waals surface area contributed by atoms with Gasteiger partial charge in [-0.2, -0.15) is 0 Å². The van der Waals surface area contributed by atoms with Gasteiger partial charge in [-0.15, -0.1) is 0 Å². The minimum atomic E-state index is 0.0413. The van der Waals surface area contributed by atoms with E-state index >= 15 is 0 Å². The molecule has 1 saturated heterocycles. The topological polar surface area (TPSA) is 49.4 Å². The lowest BCUT2D eigenvalue weighted by Gasteiger charge is -2.19. The van der Waals surface area contributed by atoms with E-state index in [1.165, 1.54) is 5.56 Å². The number of nitrogens with zero attached hydrogens (tertiary/aromatic N) is 1. The third-order valence-corrected chi connectivity index (χ3v) is 3.36. The van der Waals surface area contributed by atoms with E-state index in [0.29, 0.717) is 32.5 Å². The van der Waals surface area contributed by atoms with Crippen LogP contribution in [0.5, 0.6) is 0 Å². The molecule has 1 aromatic rings. The fraction of sp³-hybridized carbons (Fsp3) is 0.467. The molecule has 0 spiro atoms. The lowest BCUT2D eigenvalue weighted by molar-refractivity contribution is -0.131. The fourth-order valence-electron chi connectivity index (χ4n) is 2.26. The summed E-state index contributed by atoms with van der Waals surface area (Å²) in [5.41, 5.74) is 1.27. The standard InChI is InChI=1S/C15H20N2O2/c18-14-9-11-17(12-10-16-14)15(19)8-4-7-13-5-2-1-3-6-13/h1-3,5-6H,4,7-12H2,(H,16,18). The highest BCUT2D eigenvalue weighted by Gasteiger charge is 2.17. The second kappa shape index (κ2) is 6.92. The Labute approximate surface area is 113 Å². The largest absolute Gasteiger partial charge is 0.354 e. The zero-order chi connectivity index (χ0) is 13.5. The molecule has 4 heteroatoms. The maximum Gasteiger partial charge on any atom is 0.222 e. The molecule has 0 aromatic heterocycles. The van der Waals surface area contributed by atoms with E-state index in [-0.39, 0.29) is 11.8 Å². The highest BCUT2D eigenvalue weighted by atomic mass is 16.2. The molecular weight excluding hydrogens is 240 g/mol. The first kappa shape index (κ1) is 13.6. The van der Waals surface area contributed by atoms with Gasteiger partial charge in [0.15, 0.2) is 0 Å². The molecule has 1 N–H and O–H groups in total. The number of rotatable bonds is 4. The van der Waals surface area contributed by atoms with Crippen LogP contribution in [0.4, 0.5) is 0 Å². The second-order valence-electron chi connectivity index (χ2n) is 4.82. The van der Waals surface area contributed by atoms with Crippen molar-refractivity contribution in [2.75, 3.05) is 19.6 Å². The van der Waals surface area contributed by atoms with Gasteiger partial charge in [0.05, 0.1) is 0 Å². The number of aryl methyl sites for hydroxylation is 1. The Balaban J connectivity index is 1.73. The van der Waals surface area contributed by atoms with E-state index < -0.39 is 0 Å². The number of benzene rings is 1. The summed E-state index contributed by atoms with van der Waals surface area (Å²) in [6, 6.07) is 10.2. The summed E-state index contributed by atoms with van der Waals surface area (Å²) in [5.74, 6) is 0.201. The smallest absolute Gasteiger partial charge is 0.222 e. The molecule has 0 atom stereocenters. The van der Waals surface area contributed by atoms with E-state index in [1.807, 2.05) is 18.2 Å². The Kier molecular flexibility index (Phi) is 4.95. The van der Waals surface area contributed by atoms with E-state index in [2.05, 4.69) is 17.4 Å². The molecule has 2 rings (SSSR count). The van der Waals surface area contributed by atoms with E-state index in [0.717, 1.165) is 12.8 Å². The Hall–Kier alpha value is -1.84. The number of carbonyl (C=O) groups is 2. The first-order chi connectivity index (χ1) is 9.25. The maximum atomic E-state index is 12.0. The zero-order valence-electron chi connectivity index (χ0n) is 11.1. The van der Waals surface area contributed by atoms with Gasteiger partial charge in [-0.05, 0) is 18.4 Å². The van der Waals surface area contributed by atoms with Crippen molar-refractivity contribution in [3.8, 4) is 0 Å². The second-order valence-corrected chi connectivity index (χ2v) is 4.82. The van der Waals surface area contributed by atoms with Gasteiger partial charge in [-0.1, -0.05) is 30.3 Å². The molecule has 1 fully saturated rings. The van der Waals surface area contributed by atoms with Crippen LogP contribution in [0.2, 0.25) is 0 Å². The molecule has 2 amide bonds. The molecule has 102 valence electrons. The Bertz CT molecular complexity index is 431. The van der Waals surface area contributed by atoms with Crippen molar-refractivity contribution >= 4 is 11.8 Å². The monoisotopic (exact) mass is 260 g/mol. The lowest BCUT2D eigenvalue weighted by atomic mass is 10.1. The molecule has 0 aliphatic carbocycles. The third kappa shape index (κ3) is 4.39. The maximum absolute atomic E-state index is 12.0. The number of nitrogens with one attached hydrogen (secondary N) is 1. The van der Waals surface area contributed by atoms with Crippen LogP contribution in [-0.4, -0.2) is 36.3 Å². The fourth-order valence-corrected chi connectivity index (χ4v) is 2.26. The molecule has 1 aliphatic rings. The average molecular weight is 260 g/mol. The van der Waals surface area contributed by atoms with Crippen LogP contribution in [0.3, 0.4) is 0 Å². The Morgan fingerprint density at radius 2 is 2.00 bits per heavy atom. The molecule has 0 saturated carbocycles. The lowest BCUT2D eigenvalue weighted by Crippen LogP contribution is -2.34. The molecule has 0 bridgehead atoms. The highest BCUT2D eigenvalue weighted by molar-refractivity contribution is 5.80. The van der Waals surface area contributed by atoms with Crippen LogP contribution in [-0.2, 0) is 16.0 Å². The minimum Gasteiger partial charge on any atom is -0.354 e. The zero-order valence-corrected chi connectivity index (χ0v) is 11.1.